The minimum absolute atomic E-state index is 0.415. The molecule has 0 aliphatic carbocycles. The smallest absolute Gasteiger partial charge is 0.160 e. The van der Waals surface area contributed by atoms with Crippen LogP contribution in [-0.2, 0) is 4.74 Å². The van der Waals surface area contributed by atoms with Crippen LogP contribution in [0.5, 0.6) is 0 Å². The van der Waals surface area contributed by atoms with Crippen LogP contribution in [0.3, 0.4) is 0 Å². The summed E-state index contributed by atoms with van der Waals surface area (Å²) in [5, 5.41) is 36.4. The third kappa shape index (κ3) is 1.60. The zero-order valence-electron chi connectivity index (χ0n) is 6.79. The van der Waals surface area contributed by atoms with Crippen LogP contribution in [-0.4, -0.2) is 51.6 Å². The van der Waals surface area contributed by atoms with Gasteiger partial charge in [0.05, 0.1) is 12.7 Å². The summed E-state index contributed by atoms with van der Waals surface area (Å²) in [4.78, 5) is 0. The molecule has 0 amide bonds. The summed E-state index contributed by atoms with van der Waals surface area (Å²) < 4.78 is 4.83. The topological polar surface area (TPSA) is 90.2 Å². The molecule has 0 aromatic carbocycles. The van der Waals surface area contributed by atoms with E-state index in [2.05, 4.69) is 0 Å². The number of hydrogen-bond acceptors (Lipinski definition) is 5. The number of aliphatic hydroxyl groups excluding tert-OH is 4. The van der Waals surface area contributed by atoms with E-state index in [1.807, 2.05) is 0 Å². The Labute approximate surface area is 70.2 Å². The first-order valence-corrected chi connectivity index (χ1v) is 3.88. The van der Waals surface area contributed by atoms with Gasteiger partial charge in [-0.15, -0.1) is 0 Å². The van der Waals surface area contributed by atoms with E-state index in [-0.39, 0.29) is 0 Å². The number of aliphatic hydroxyl groups is 4. The maximum Gasteiger partial charge on any atom is 0.160 e. The fraction of sp³-hybridized carbons (Fsp3) is 1.00. The summed E-state index contributed by atoms with van der Waals surface area (Å²) in [5.41, 5.74) is 0. The lowest BCUT2D eigenvalue weighted by Crippen LogP contribution is -2.54. The Kier molecular flexibility index (Phi) is 3.03. The fourth-order valence-electron chi connectivity index (χ4n) is 1.23. The lowest BCUT2D eigenvalue weighted by molar-refractivity contribution is -0.266. The predicted octanol–water partition coefficient (Wildman–Crippen LogP) is -1.95. The van der Waals surface area contributed by atoms with Crippen LogP contribution in [0.2, 0.25) is 0 Å². The second kappa shape index (κ2) is 3.68. The van der Waals surface area contributed by atoms with Crippen LogP contribution in [0, 0.1) is 5.92 Å². The standard InChI is InChI=1S/C7H14O5/c1-3-5(9)6(10)4(2-8)12-7(3)11/h3-11H,2H2,1H3/t3-,4?,5?,6-,7-/m1/s1. The molecular weight excluding hydrogens is 164 g/mol. The largest absolute Gasteiger partial charge is 0.394 e. The van der Waals surface area contributed by atoms with Crippen molar-refractivity contribution in [1.29, 1.82) is 0 Å². The van der Waals surface area contributed by atoms with Crippen LogP contribution in [0.25, 0.3) is 0 Å². The van der Waals surface area contributed by atoms with E-state index in [9.17, 15) is 10.2 Å². The normalized spacial score (nSPS) is 49.2. The third-order valence-electron chi connectivity index (χ3n) is 2.21. The number of hydrogen-bond donors (Lipinski definition) is 4. The number of ether oxygens (including phenoxy) is 1. The average molecular weight is 178 g/mol. The highest BCUT2D eigenvalue weighted by Gasteiger charge is 2.40. The van der Waals surface area contributed by atoms with Crippen molar-refractivity contribution in [3.05, 3.63) is 0 Å². The van der Waals surface area contributed by atoms with Crippen molar-refractivity contribution in [1.82, 2.24) is 0 Å². The zero-order valence-corrected chi connectivity index (χ0v) is 6.79. The summed E-state index contributed by atoms with van der Waals surface area (Å²) >= 11 is 0. The lowest BCUT2D eigenvalue weighted by atomic mass is 9.93. The second-order valence-electron chi connectivity index (χ2n) is 3.09. The van der Waals surface area contributed by atoms with Gasteiger partial charge in [-0.3, -0.25) is 0 Å². The summed E-state index contributed by atoms with van der Waals surface area (Å²) in [7, 11) is 0. The van der Waals surface area contributed by atoms with Gasteiger partial charge in [0.2, 0.25) is 0 Å². The molecule has 72 valence electrons. The molecule has 1 rings (SSSR count). The van der Waals surface area contributed by atoms with Crippen molar-refractivity contribution in [2.45, 2.75) is 31.5 Å². The van der Waals surface area contributed by atoms with E-state index in [1.54, 1.807) is 6.92 Å². The molecule has 0 aromatic rings. The zero-order chi connectivity index (χ0) is 9.30. The molecule has 1 aliphatic heterocycles. The second-order valence-corrected chi connectivity index (χ2v) is 3.09. The molecule has 5 heteroatoms. The Balaban J connectivity index is 2.63. The van der Waals surface area contributed by atoms with Crippen molar-refractivity contribution >= 4 is 0 Å². The Hall–Kier alpha value is -0.200. The first-order valence-electron chi connectivity index (χ1n) is 3.88. The van der Waals surface area contributed by atoms with Gasteiger partial charge in [-0.1, -0.05) is 6.92 Å². The molecule has 12 heavy (non-hydrogen) atoms. The summed E-state index contributed by atoms with van der Waals surface area (Å²) in [6.07, 6.45) is -4.20. The van der Waals surface area contributed by atoms with E-state index in [0.717, 1.165) is 0 Å². The molecular formula is C7H14O5. The first-order chi connectivity index (χ1) is 5.57. The van der Waals surface area contributed by atoms with Crippen LogP contribution >= 0.6 is 0 Å². The summed E-state index contributed by atoms with van der Waals surface area (Å²) in [6, 6.07) is 0. The molecule has 5 nitrogen and oxygen atoms in total. The third-order valence-corrected chi connectivity index (χ3v) is 2.21. The molecule has 0 aromatic heterocycles. The molecule has 0 radical (unpaired) electrons. The van der Waals surface area contributed by atoms with Crippen molar-refractivity contribution in [3.8, 4) is 0 Å². The fourth-order valence-corrected chi connectivity index (χ4v) is 1.23. The molecule has 1 heterocycles. The summed E-state index contributed by atoms with van der Waals surface area (Å²) in [5.74, 6) is -0.539. The van der Waals surface area contributed by atoms with Gasteiger partial charge >= 0.3 is 0 Å². The Morgan fingerprint density at radius 3 is 2.25 bits per heavy atom. The van der Waals surface area contributed by atoms with Gasteiger partial charge in [-0.25, -0.2) is 0 Å². The molecule has 4 N–H and O–H groups in total. The van der Waals surface area contributed by atoms with Crippen LogP contribution in [0.15, 0.2) is 0 Å². The molecule has 1 aliphatic rings. The van der Waals surface area contributed by atoms with E-state index < -0.39 is 37.1 Å². The van der Waals surface area contributed by atoms with Crippen molar-refractivity contribution in [2.75, 3.05) is 6.61 Å². The van der Waals surface area contributed by atoms with Gasteiger partial charge in [-0.2, -0.15) is 0 Å². The van der Waals surface area contributed by atoms with Gasteiger partial charge in [-0.05, 0) is 0 Å². The molecule has 0 spiro atoms. The van der Waals surface area contributed by atoms with Crippen LogP contribution < -0.4 is 0 Å². The van der Waals surface area contributed by atoms with Crippen LogP contribution in [0.1, 0.15) is 6.92 Å². The minimum Gasteiger partial charge on any atom is -0.394 e. The lowest BCUT2D eigenvalue weighted by Gasteiger charge is -2.38. The van der Waals surface area contributed by atoms with E-state index in [4.69, 9.17) is 14.9 Å². The molecule has 0 bridgehead atoms. The highest BCUT2D eigenvalue weighted by Crippen LogP contribution is 2.23. The molecule has 5 atom stereocenters. The van der Waals surface area contributed by atoms with E-state index in [1.165, 1.54) is 0 Å². The van der Waals surface area contributed by atoms with Gasteiger partial charge in [0.1, 0.15) is 12.2 Å². The van der Waals surface area contributed by atoms with Crippen molar-refractivity contribution in [3.63, 3.8) is 0 Å². The Morgan fingerprint density at radius 2 is 1.75 bits per heavy atom. The maximum absolute atomic E-state index is 9.32. The summed E-state index contributed by atoms with van der Waals surface area (Å²) in [6.45, 7) is 1.15. The van der Waals surface area contributed by atoms with Gasteiger partial charge < -0.3 is 25.2 Å². The highest BCUT2D eigenvalue weighted by atomic mass is 16.6. The quantitative estimate of drug-likeness (QED) is 0.375. The van der Waals surface area contributed by atoms with Crippen molar-refractivity contribution < 1.29 is 25.2 Å². The molecule has 2 unspecified atom stereocenters. The molecule has 0 saturated carbocycles. The Bertz CT molecular complexity index is 146. The minimum atomic E-state index is -1.13. The first kappa shape index (κ1) is 9.88. The highest BCUT2D eigenvalue weighted by molar-refractivity contribution is 4.86. The van der Waals surface area contributed by atoms with Gasteiger partial charge in [0.25, 0.3) is 0 Å². The van der Waals surface area contributed by atoms with Gasteiger partial charge in [0, 0.05) is 5.92 Å². The molecule has 1 saturated heterocycles. The number of rotatable bonds is 1. The maximum atomic E-state index is 9.32. The van der Waals surface area contributed by atoms with Crippen molar-refractivity contribution in [2.24, 2.45) is 5.92 Å². The monoisotopic (exact) mass is 178 g/mol. The van der Waals surface area contributed by atoms with Gasteiger partial charge in [0.15, 0.2) is 6.29 Å². The van der Waals surface area contributed by atoms with E-state index in [0.29, 0.717) is 0 Å². The molecule has 1 fully saturated rings. The average Bonchev–Trinajstić information content (AvgIpc) is 2.08. The predicted molar refractivity (Wildman–Crippen MR) is 39.1 cm³/mol. The SMILES string of the molecule is C[C@@H]1C(O)[C@H](O)C(CO)O[C@H]1O. The van der Waals surface area contributed by atoms with Crippen LogP contribution in [0.4, 0.5) is 0 Å². The Morgan fingerprint density at radius 1 is 1.17 bits per heavy atom. The van der Waals surface area contributed by atoms with E-state index >= 15 is 0 Å².